The van der Waals surface area contributed by atoms with Gasteiger partial charge in [-0.25, -0.2) is 4.98 Å². The number of aromatic nitrogens is 4. The van der Waals surface area contributed by atoms with Crippen LogP contribution < -0.4 is 5.32 Å². The number of ether oxygens (including phenoxy) is 1. The highest BCUT2D eigenvalue weighted by atomic mass is 16.5. The largest absolute Gasteiger partial charge is 0.375 e. The number of hydrogen-bond acceptors (Lipinski definition) is 6. The van der Waals surface area contributed by atoms with Crippen molar-refractivity contribution in [1.29, 1.82) is 0 Å². The van der Waals surface area contributed by atoms with Crippen LogP contribution in [0.5, 0.6) is 0 Å². The third kappa shape index (κ3) is 3.23. The number of carbonyl (C=O) groups excluding carboxylic acids is 1. The molecule has 1 atom stereocenters. The van der Waals surface area contributed by atoms with E-state index in [4.69, 9.17) is 9.26 Å². The quantitative estimate of drug-likeness (QED) is 0.744. The summed E-state index contributed by atoms with van der Waals surface area (Å²) >= 11 is 0. The molecule has 1 unspecified atom stereocenters. The van der Waals surface area contributed by atoms with E-state index in [1.54, 1.807) is 17.9 Å². The number of nitrogens with one attached hydrogen (secondary N) is 1. The van der Waals surface area contributed by atoms with Crippen molar-refractivity contribution >= 4 is 5.91 Å². The Hall–Kier alpha value is -3.00. The van der Waals surface area contributed by atoms with Crippen LogP contribution in [0.4, 0.5) is 0 Å². The van der Waals surface area contributed by atoms with E-state index in [0.29, 0.717) is 24.0 Å². The fourth-order valence-corrected chi connectivity index (χ4v) is 3.41. The molecule has 0 bridgehead atoms. The van der Waals surface area contributed by atoms with E-state index in [-0.39, 0.29) is 11.9 Å². The minimum absolute atomic E-state index is 0.00826. The van der Waals surface area contributed by atoms with Crippen LogP contribution in [0.2, 0.25) is 0 Å². The van der Waals surface area contributed by atoms with Gasteiger partial charge in [0, 0.05) is 19.7 Å². The predicted molar refractivity (Wildman–Crippen MR) is 96.9 cm³/mol. The molecule has 1 aliphatic carbocycles. The van der Waals surface area contributed by atoms with Crippen molar-refractivity contribution in [2.24, 2.45) is 7.05 Å². The molecule has 0 fully saturated rings. The molecule has 1 aliphatic rings. The average molecular weight is 367 g/mol. The lowest BCUT2D eigenvalue weighted by Crippen LogP contribution is -2.28. The fraction of sp³-hybridized carbons (Fsp3) is 0.368. The highest BCUT2D eigenvalue weighted by Crippen LogP contribution is 2.34. The Morgan fingerprint density at radius 3 is 3.04 bits per heavy atom. The summed E-state index contributed by atoms with van der Waals surface area (Å²) < 4.78 is 12.0. The zero-order valence-electron chi connectivity index (χ0n) is 15.5. The highest BCUT2D eigenvalue weighted by Gasteiger charge is 2.26. The standard InChI is InChI=1S/C19H21N5O3/c1-11-20-9-16(24(11)2)19(25)21-15-7-5-12-8-13(4-6-14(12)15)18-22-17(10-26-3)27-23-18/h4,6,8-9,15H,5,7,10H2,1-3H3,(H,21,25). The van der Waals surface area contributed by atoms with E-state index in [9.17, 15) is 4.79 Å². The van der Waals surface area contributed by atoms with Crippen molar-refractivity contribution in [3.05, 3.63) is 52.9 Å². The summed E-state index contributed by atoms with van der Waals surface area (Å²) in [5, 5.41) is 7.12. The normalized spacial score (nSPS) is 15.7. The fourth-order valence-electron chi connectivity index (χ4n) is 3.41. The second-order valence-electron chi connectivity index (χ2n) is 6.67. The minimum atomic E-state index is -0.109. The zero-order valence-corrected chi connectivity index (χ0v) is 15.5. The Balaban J connectivity index is 1.52. The zero-order chi connectivity index (χ0) is 19.0. The lowest BCUT2D eigenvalue weighted by molar-refractivity contribution is 0.0928. The van der Waals surface area contributed by atoms with Crippen molar-refractivity contribution in [3.8, 4) is 11.4 Å². The molecule has 8 heteroatoms. The van der Waals surface area contributed by atoms with Gasteiger partial charge in [0.05, 0.1) is 12.2 Å². The number of rotatable bonds is 5. The van der Waals surface area contributed by atoms with E-state index >= 15 is 0 Å². The van der Waals surface area contributed by atoms with Crippen LogP contribution in [0.1, 0.15) is 45.8 Å². The van der Waals surface area contributed by atoms with Crippen LogP contribution in [0.25, 0.3) is 11.4 Å². The number of hydrogen-bond donors (Lipinski definition) is 1. The van der Waals surface area contributed by atoms with Gasteiger partial charge in [0.25, 0.3) is 11.8 Å². The summed E-state index contributed by atoms with van der Waals surface area (Å²) in [6.07, 6.45) is 3.36. The van der Waals surface area contributed by atoms with Gasteiger partial charge < -0.3 is 19.1 Å². The van der Waals surface area contributed by atoms with Crippen LogP contribution in [0.15, 0.2) is 28.9 Å². The summed E-state index contributed by atoms with van der Waals surface area (Å²) in [6, 6.07) is 6.05. The van der Waals surface area contributed by atoms with Crippen LogP contribution in [0.3, 0.4) is 0 Å². The maximum absolute atomic E-state index is 12.6. The Bertz CT molecular complexity index is 991. The Morgan fingerprint density at radius 2 is 2.30 bits per heavy atom. The molecule has 2 aromatic heterocycles. The summed E-state index contributed by atoms with van der Waals surface area (Å²) in [7, 11) is 3.43. The molecule has 3 aromatic rings. The number of amides is 1. The lowest BCUT2D eigenvalue weighted by atomic mass is 10.0. The molecule has 0 saturated heterocycles. The average Bonchev–Trinajstić information content (AvgIpc) is 3.36. The van der Waals surface area contributed by atoms with Gasteiger partial charge in [-0.3, -0.25) is 4.79 Å². The maximum Gasteiger partial charge on any atom is 0.270 e. The van der Waals surface area contributed by atoms with Gasteiger partial charge in [0.1, 0.15) is 18.1 Å². The third-order valence-corrected chi connectivity index (χ3v) is 4.97. The van der Waals surface area contributed by atoms with Gasteiger partial charge in [-0.1, -0.05) is 17.3 Å². The molecule has 8 nitrogen and oxygen atoms in total. The Morgan fingerprint density at radius 1 is 1.44 bits per heavy atom. The van der Waals surface area contributed by atoms with E-state index in [1.165, 1.54) is 5.56 Å². The Labute approximate surface area is 156 Å². The molecule has 1 N–H and O–H groups in total. The molecule has 0 saturated carbocycles. The molecule has 1 amide bonds. The van der Waals surface area contributed by atoms with Gasteiger partial charge in [-0.15, -0.1) is 0 Å². The van der Waals surface area contributed by atoms with Gasteiger partial charge in [0.15, 0.2) is 0 Å². The lowest BCUT2D eigenvalue weighted by Gasteiger charge is -2.14. The summed E-state index contributed by atoms with van der Waals surface area (Å²) in [5.41, 5.74) is 3.79. The number of imidazole rings is 1. The van der Waals surface area contributed by atoms with E-state index in [0.717, 1.165) is 29.8 Å². The van der Waals surface area contributed by atoms with Gasteiger partial charge in [0.2, 0.25) is 5.82 Å². The van der Waals surface area contributed by atoms with E-state index in [1.807, 2.05) is 26.1 Å². The minimum Gasteiger partial charge on any atom is -0.375 e. The maximum atomic E-state index is 12.6. The van der Waals surface area contributed by atoms with Crippen molar-refractivity contribution < 1.29 is 14.1 Å². The predicted octanol–water partition coefficient (Wildman–Crippen LogP) is 2.34. The smallest absolute Gasteiger partial charge is 0.270 e. The summed E-state index contributed by atoms with van der Waals surface area (Å²) in [6.45, 7) is 2.17. The molecule has 4 rings (SSSR count). The van der Waals surface area contributed by atoms with Crippen LogP contribution in [-0.4, -0.2) is 32.7 Å². The van der Waals surface area contributed by atoms with E-state index < -0.39 is 0 Å². The molecular formula is C19H21N5O3. The molecule has 140 valence electrons. The first-order valence-corrected chi connectivity index (χ1v) is 8.80. The third-order valence-electron chi connectivity index (χ3n) is 4.97. The highest BCUT2D eigenvalue weighted by molar-refractivity contribution is 5.92. The second-order valence-corrected chi connectivity index (χ2v) is 6.67. The molecule has 0 radical (unpaired) electrons. The summed E-state index contributed by atoms with van der Waals surface area (Å²) in [5.74, 6) is 1.69. The van der Waals surface area contributed by atoms with Crippen molar-refractivity contribution in [2.75, 3.05) is 7.11 Å². The van der Waals surface area contributed by atoms with Crippen molar-refractivity contribution in [1.82, 2.24) is 25.0 Å². The monoisotopic (exact) mass is 367 g/mol. The first-order valence-electron chi connectivity index (χ1n) is 8.80. The van der Waals surface area contributed by atoms with Crippen molar-refractivity contribution in [2.45, 2.75) is 32.4 Å². The summed E-state index contributed by atoms with van der Waals surface area (Å²) in [4.78, 5) is 21.1. The van der Waals surface area contributed by atoms with Crippen LogP contribution in [-0.2, 0) is 24.8 Å². The van der Waals surface area contributed by atoms with Crippen LogP contribution >= 0.6 is 0 Å². The van der Waals surface area contributed by atoms with E-state index in [2.05, 4.69) is 26.5 Å². The number of carbonyl (C=O) groups is 1. The number of fused-ring (bicyclic) bond motifs is 1. The first-order chi connectivity index (χ1) is 13.1. The first kappa shape index (κ1) is 17.4. The molecule has 27 heavy (non-hydrogen) atoms. The topological polar surface area (TPSA) is 95.1 Å². The second kappa shape index (κ2) is 6.96. The number of benzene rings is 1. The molecule has 1 aromatic carbocycles. The Kier molecular flexibility index (Phi) is 4.49. The molecule has 2 heterocycles. The number of methoxy groups -OCH3 is 1. The van der Waals surface area contributed by atoms with Crippen molar-refractivity contribution in [3.63, 3.8) is 0 Å². The van der Waals surface area contributed by atoms with Gasteiger partial charge in [-0.05, 0) is 37.0 Å². The molecular weight excluding hydrogens is 346 g/mol. The van der Waals surface area contributed by atoms with Gasteiger partial charge in [-0.2, -0.15) is 4.98 Å². The molecule has 0 spiro atoms. The van der Waals surface area contributed by atoms with Gasteiger partial charge >= 0.3 is 0 Å². The number of nitrogens with zero attached hydrogens (tertiary/aromatic N) is 4. The van der Waals surface area contributed by atoms with Crippen LogP contribution in [0, 0.1) is 6.92 Å². The number of aryl methyl sites for hydroxylation is 2. The SMILES string of the molecule is COCc1nc(-c2ccc3c(c2)CCC3NC(=O)c2cnc(C)n2C)no1. The molecule has 0 aliphatic heterocycles.